The molecule has 18 heavy (non-hydrogen) atoms. The Balaban J connectivity index is 2.96. The smallest absolute Gasteiger partial charge is 0.360 e. The first kappa shape index (κ1) is 14.0. The Bertz CT molecular complexity index is 465. The summed E-state index contributed by atoms with van der Waals surface area (Å²) in [5.41, 5.74) is 5.20. The normalized spacial score (nSPS) is 11.1. The van der Waals surface area contributed by atoms with Crippen molar-refractivity contribution in [1.82, 2.24) is 14.9 Å². The molecule has 1 aromatic rings. The van der Waals surface area contributed by atoms with Crippen LogP contribution in [0.25, 0.3) is 0 Å². The van der Waals surface area contributed by atoms with Gasteiger partial charge in [0.25, 0.3) is 0 Å². The molecule has 0 aliphatic carbocycles. The quantitative estimate of drug-likeness (QED) is 0.738. The number of anilines is 1. The van der Waals surface area contributed by atoms with Crippen molar-refractivity contribution in [3.05, 3.63) is 12.0 Å². The van der Waals surface area contributed by atoms with Crippen LogP contribution in [0.3, 0.4) is 0 Å². The number of hydrogen-bond donors (Lipinski definition) is 2. The van der Waals surface area contributed by atoms with Crippen LogP contribution in [0, 0.1) is 5.41 Å². The number of carbonyl (C=O) groups excluding carboxylic acids is 2. The minimum absolute atomic E-state index is 0.0604. The van der Waals surface area contributed by atoms with Crippen molar-refractivity contribution >= 4 is 17.7 Å². The average Bonchev–Trinajstić information content (AvgIpc) is 2.68. The highest BCUT2D eigenvalue weighted by atomic mass is 16.5. The van der Waals surface area contributed by atoms with E-state index in [2.05, 4.69) is 15.0 Å². The van der Waals surface area contributed by atoms with E-state index in [1.807, 2.05) is 0 Å². The van der Waals surface area contributed by atoms with Gasteiger partial charge in [0.1, 0.15) is 5.82 Å². The third kappa shape index (κ3) is 2.61. The fourth-order valence-corrected chi connectivity index (χ4v) is 1.61. The SMILES string of the molecule is CNC(=O)C(C)(C)Cn1cnc(C(=O)OC)c1N. The van der Waals surface area contributed by atoms with E-state index in [1.54, 1.807) is 25.5 Å². The van der Waals surface area contributed by atoms with Crippen LogP contribution in [0.4, 0.5) is 5.82 Å². The zero-order valence-electron chi connectivity index (χ0n) is 11.0. The van der Waals surface area contributed by atoms with Gasteiger partial charge in [0, 0.05) is 13.6 Å². The van der Waals surface area contributed by atoms with Crippen molar-refractivity contribution in [2.75, 3.05) is 19.9 Å². The van der Waals surface area contributed by atoms with Crippen molar-refractivity contribution < 1.29 is 14.3 Å². The Kier molecular flexibility index (Phi) is 3.95. The average molecular weight is 254 g/mol. The first-order valence-corrected chi connectivity index (χ1v) is 5.44. The number of esters is 1. The lowest BCUT2D eigenvalue weighted by Gasteiger charge is -2.23. The predicted octanol–water partition coefficient (Wildman–Crippen LogP) is 0.0241. The summed E-state index contributed by atoms with van der Waals surface area (Å²) < 4.78 is 6.11. The highest BCUT2D eigenvalue weighted by molar-refractivity contribution is 5.92. The third-order valence-electron chi connectivity index (χ3n) is 2.66. The van der Waals surface area contributed by atoms with Crippen LogP contribution >= 0.6 is 0 Å². The summed E-state index contributed by atoms with van der Waals surface area (Å²) in [5.74, 6) is -0.516. The van der Waals surface area contributed by atoms with Gasteiger partial charge >= 0.3 is 5.97 Å². The lowest BCUT2D eigenvalue weighted by Crippen LogP contribution is -2.37. The molecule has 1 aromatic heterocycles. The maximum Gasteiger partial charge on any atom is 0.360 e. The molecule has 7 nitrogen and oxygen atoms in total. The van der Waals surface area contributed by atoms with Crippen molar-refractivity contribution in [3.63, 3.8) is 0 Å². The van der Waals surface area contributed by atoms with Crippen LogP contribution in [-0.2, 0) is 16.1 Å². The van der Waals surface area contributed by atoms with Crippen LogP contribution in [0.15, 0.2) is 6.33 Å². The molecule has 0 aliphatic heterocycles. The highest BCUT2D eigenvalue weighted by Gasteiger charge is 2.29. The zero-order chi connectivity index (χ0) is 13.9. The summed E-state index contributed by atoms with van der Waals surface area (Å²) in [7, 11) is 2.83. The number of imidazole rings is 1. The number of rotatable bonds is 4. The number of carbonyl (C=O) groups is 2. The van der Waals surface area contributed by atoms with E-state index in [-0.39, 0.29) is 17.4 Å². The molecule has 0 bridgehead atoms. The Hall–Kier alpha value is -2.05. The maximum atomic E-state index is 11.7. The van der Waals surface area contributed by atoms with Crippen molar-refractivity contribution in [2.45, 2.75) is 20.4 Å². The number of nitrogen functional groups attached to an aromatic ring is 1. The predicted molar refractivity (Wildman–Crippen MR) is 65.8 cm³/mol. The fraction of sp³-hybridized carbons (Fsp3) is 0.545. The minimum Gasteiger partial charge on any atom is -0.464 e. The van der Waals surface area contributed by atoms with Gasteiger partial charge in [-0.15, -0.1) is 0 Å². The number of ether oxygens (including phenoxy) is 1. The molecular formula is C11H18N4O3. The summed E-state index contributed by atoms with van der Waals surface area (Å²) in [5, 5.41) is 2.58. The van der Waals surface area contributed by atoms with Gasteiger partial charge in [-0.05, 0) is 13.8 Å². The van der Waals surface area contributed by atoms with E-state index in [9.17, 15) is 9.59 Å². The van der Waals surface area contributed by atoms with Crippen LogP contribution in [0.2, 0.25) is 0 Å². The van der Waals surface area contributed by atoms with Crippen molar-refractivity contribution in [3.8, 4) is 0 Å². The molecule has 3 N–H and O–H groups in total. The molecule has 100 valence electrons. The van der Waals surface area contributed by atoms with Gasteiger partial charge in [-0.1, -0.05) is 0 Å². The van der Waals surface area contributed by atoms with Crippen LogP contribution in [-0.4, -0.2) is 35.6 Å². The summed E-state index contributed by atoms with van der Waals surface area (Å²) in [6, 6.07) is 0. The molecule has 0 spiro atoms. The van der Waals surface area contributed by atoms with E-state index in [0.717, 1.165) is 0 Å². The molecule has 0 aromatic carbocycles. The van der Waals surface area contributed by atoms with Gasteiger partial charge in [0.15, 0.2) is 5.69 Å². The molecule has 1 amide bonds. The van der Waals surface area contributed by atoms with Crippen LogP contribution in [0.5, 0.6) is 0 Å². The highest BCUT2D eigenvalue weighted by Crippen LogP contribution is 2.21. The summed E-state index contributed by atoms with van der Waals surface area (Å²) in [6.07, 6.45) is 1.42. The Morgan fingerprint density at radius 2 is 2.17 bits per heavy atom. The summed E-state index contributed by atoms with van der Waals surface area (Å²) >= 11 is 0. The first-order valence-electron chi connectivity index (χ1n) is 5.44. The lowest BCUT2D eigenvalue weighted by atomic mass is 9.92. The molecule has 0 fully saturated rings. The van der Waals surface area contributed by atoms with Crippen molar-refractivity contribution in [2.24, 2.45) is 5.41 Å². The van der Waals surface area contributed by atoms with E-state index in [4.69, 9.17) is 5.73 Å². The zero-order valence-corrected chi connectivity index (χ0v) is 11.0. The number of amides is 1. The Labute approximate surface area is 105 Å². The number of nitrogens with two attached hydrogens (primary N) is 1. The number of aromatic nitrogens is 2. The van der Waals surface area contributed by atoms with Gasteiger partial charge in [0.05, 0.1) is 18.9 Å². The summed E-state index contributed by atoms with van der Waals surface area (Å²) in [4.78, 5) is 26.9. The summed E-state index contributed by atoms with van der Waals surface area (Å²) in [6.45, 7) is 3.88. The monoisotopic (exact) mass is 254 g/mol. The second-order valence-electron chi connectivity index (χ2n) is 4.56. The molecule has 1 heterocycles. The fourth-order valence-electron chi connectivity index (χ4n) is 1.61. The van der Waals surface area contributed by atoms with Gasteiger partial charge in [0.2, 0.25) is 5.91 Å². The molecular weight excluding hydrogens is 236 g/mol. The van der Waals surface area contributed by atoms with E-state index in [1.165, 1.54) is 13.4 Å². The molecule has 0 saturated heterocycles. The number of methoxy groups -OCH3 is 1. The molecule has 0 unspecified atom stereocenters. The van der Waals surface area contributed by atoms with Crippen molar-refractivity contribution in [1.29, 1.82) is 0 Å². The molecule has 7 heteroatoms. The van der Waals surface area contributed by atoms with Gasteiger partial charge in [-0.3, -0.25) is 4.79 Å². The minimum atomic E-state index is -0.656. The number of nitrogens with zero attached hydrogens (tertiary/aromatic N) is 2. The van der Waals surface area contributed by atoms with Gasteiger partial charge < -0.3 is 20.4 Å². The van der Waals surface area contributed by atoms with Gasteiger partial charge in [-0.25, -0.2) is 9.78 Å². The molecule has 0 saturated carbocycles. The van der Waals surface area contributed by atoms with E-state index < -0.39 is 11.4 Å². The second-order valence-corrected chi connectivity index (χ2v) is 4.56. The van der Waals surface area contributed by atoms with Crippen LogP contribution in [0.1, 0.15) is 24.3 Å². The molecule has 0 aliphatic rings. The second kappa shape index (κ2) is 5.07. The standard InChI is InChI=1S/C11H18N4O3/c1-11(2,10(17)13-3)5-15-6-14-7(8(15)12)9(16)18-4/h6H,5,12H2,1-4H3,(H,13,17). The van der Waals surface area contributed by atoms with Crippen LogP contribution < -0.4 is 11.1 Å². The van der Waals surface area contributed by atoms with E-state index >= 15 is 0 Å². The lowest BCUT2D eigenvalue weighted by molar-refractivity contribution is -0.129. The largest absolute Gasteiger partial charge is 0.464 e. The number of hydrogen-bond acceptors (Lipinski definition) is 5. The molecule has 0 radical (unpaired) electrons. The first-order chi connectivity index (χ1) is 8.33. The Morgan fingerprint density at radius 1 is 1.56 bits per heavy atom. The third-order valence-corrected chi connectivity index (χ3v) is 2.66. The van der Waals surface area contributed by atoms with E-state index in [0.29, 0.717) is 6.54 Å². The number of nitrogens with one attached hydrogen (secondary N) is 1. The molecule has 1 rings (SSSR count). The molecule has 0 atom stereocenters. The maximum absolute atomic E-state index is 11.7. The van der Waals surface area contributed by atoms with Gasteiger partial charge in [-0.2, -0.15) is 0 Å². The topological polar surface area (TPSA) is 99.2 Å². The Morgan fingerprint density at radius 3 is 2.67 bits per heavy atom.